The Morgan fingerprint density at radius 2 is 2.40 bits per heavy atom. The number of hydrogen-bond acceptors (Lipinski definition) is 2. The predicted octanol–water partition coefficient (Wildman–Crippen LogP) is 1.09. The third kappa shape index (κ3) is 1.53. The Morgan fingerprint density at radius 3 is 2.80 bits per heavy atom. The number of aromatic nitrogens is 3. The molecule has 1 rings (SSSR count). The predicted molar refractivity (Wildman–Crippen MR) is 38.4 cm³/mol. The molecule has 0 saturated heterocycles. The Kier molecular flexibility index (Phi) is 2.37. The van der Waals surface area contributed by atoms with Crippen molar-refractivity contribution in [3.8, 4) is 0 Å². The maximum atomic E-state index is 11.8. The molecule has 56 valence electrons. The summed E-state index contributed by atoms with van der Waals surface area (Å²) < 4.78 is 13.8. The van der Waals surface area contributed by atoms with Gasteiger partial charge in [0.2, 0.25) is 4.73 Å². The molecule has 0 aliphatic rings. The van der Waals surface area contributed by atoms with Crippen LogP contribution in [-0.4, -0.2) is 21.4 Å². The molecule has 0 aliphatic carbocycles. The summed E-state index contributed by atoms with van der Waals surface area (Å²) in [6.07, 6.45) is 0.328. The highest BCUT2D eigenvalue weighted by Crippen LogP contribution is 2.03. The van der Waals surface area contributed by atoms with Crippen molar-refractivity contribution in [2.45, 2.75) is 6.42 Å². The first-order valence-corrected chi connectivity index (χ1v) is 3.64. The lowest BCUT2D eigenvalue weighted by molar-refractivity contribution is 0.480. The van der Waals surface area contributed by atoms with Gasteiger partial charge in [-0.05, 0) is 15.9 Å². The van der Waals surface area contributed by atoms with Crippen LogP contribution in [-0.2, 0) is 13.5 Å². The highest BCUT2D eigenvalue weighted by molar-refractivity contribution is 9.10. The molecule has 0 spiro atoms. The fraction of sp³-hybridized carbons (Fsp3) is 0.600. The minimum atomic E-state index is -0.390. The molecule has 10 heavy (non-hydrogen) atoms. The molecule has 0 aliphatic heterocycles. The van der Waals surface area contributed by atoms with Gasteiger partial charge in [0.25, 0.3) is 0 Å². The van der Waals surface area contributed by atoms with E-state index in [4.69, 9.17) is 0 Å². The van der Waals surface area contributed by atoms with Gasteiger partial charge in [0.1, 0.15) is 5.82 Å². The van der Waals surface area contributed by atoms with Gasteiger partial charge in [-0.25, -0.2) is 4.98 Å². The Hall–Kier alpha value is -0.450. The second-order valence-electron chi connectivity index (χ2n) is 1.86. The zero-order valence-electron chi connectivity index (χ0n) is 5.51. The van der Waals surface area contributed by atoms with E-state index in [0.717, 1.165) is 0 Å². The molecule has 1 heterocycles. The second-order valence-corrected chi connectivity index (χ2v) is 2.57. The number of nitrogens with zero attached hydrogens (tertiary/aromatic N) is 3. The molecule has 5 heteroatoms. The zero-order valence-corrected chi connectivity index (χ0v) is 7.10. The molecule has 0 fully saturated rings. The molecule has 0 radical (unpaired) electrons. The quantitative estimate of drug-likeness (QED) is 0.728. The van der Waals surface area contributed by atoms with Gasteiger partial charge >= 0.3 is 0 Å². The lowest BCUT2D eigenvalue weighted by Crippen LogP contribution is -1.99. The van der Waals surface area contributed by atoms with Crippen LogP contribution in [0.1, 0.15) is 5.82 Å². The van der Waals surface area contributed by atoms with Crippen molar-refractivity contribution >= 4 is 15.9 Å². The van der Waals surface area contributed by atoms with Gasteiger partial charge in [0.05, 0.1) is 6.67 Å². The third-order valence-electron chi connectivity index (χ3n) is 1.15. The van der Waals surface area contributed by atoms with Gasteiger partial charge in [-0.3, -0.25) is 9.07 Å². The first-order valence-electron chi connectivity index (χ1n) is 2.85. The largest absolute Gasteiger partial charge is 0.252 e. The summed E-state index contributed by atoms with van der Waals surface area (Å²) in [5.41, 5.74) is 0. The number of halogens is 2. The van der Waals surface area contributed by atoms with E-state index >= 15 is 0 Å². The molecule has 1 aromatic heterocycles. The normalized spacial score (nSPS) is 10.3. The monoisotopic (exact) mass is 207 g/mol. The standard InChI is InChI=1S/C5H7BrFN3/c1-10-4(2-3-7)8-5(6)9-10/h2-3H2,1H3. The molecular weight excluding hydrogens is 201 g/mol. The zero-order chi connectivity index (χ0) is 7.56. The van der Waals surface area contributed by atoms with Gasteiger partial charge in [0, 0.05) is 13.5 Å². The number of alkyl halides is 1. The van der Waals surface area contributed by atoms with E-state index in [1.165, 1.54) is 0 Å². The van der Waals surface area contributed by atoms with E-state index in [9.17, 15) is 4.39 Å². The first-order chi connectivity index (χ1) is 4.74. The molecule has 0 amide bonds. The van der Waals surface area contributed by atoms with Crippen LogP contribution in [0.25, 0.3) is 0 Å². The van der Waals surface area contributed by atoms with Gasteiger partial charge in [-0.1, -0.05) is 0 Å². The Morgan fingerprint density at radius 1 is 1.70 bits per heavy atom. The Bertz CT molecular complexity index is 223. The third-order valence-corrected chi connectivity index (χ3v) is 1.48. The van der Waals surface area contributed by atoms with Crippen LogP contribution < -0.4 is 0 Å². The van der Waals surface area contributed by atoms with Crippen LogP contribution in [0.15, 0.2) is 4.73 Å². The molecule has 0 saturated carbocycles. The maximum Gasteiger partial charge on any atom is 0.217 e. The summed E-state index contributed by atoms with van der Waals surface area (Å²) in [5, 5.41) is 3.89. The van der Waals surface area contributed by atoms with E-state index < -0.39 is 0 Å². The average Bonchev–Trinajstić information content (AvgIpc) is 2.13. The van der Waals surface area contributed by atoms with Crippen molar-refractivity contribution in [2.75, 3.05) is 6.67 Å². The van der Waals surface area contributed by atoms with Crippen LogP contribution in [0.5, 0.6) is 0 Å². The van der Waals surface area contributed by atoms with Crippen molar-refractivity contribution in [1.82, 2.24) is 14.8 Å². The van der Waals surface area contributed by atoms with Crippen molar-refractivity contribution < 1.29 is 4.39 Å². The maximum absolute atomic E-state index is 11.8. The molecule has 0 bridgehead atoms. The summed E-state index contributed by atoms with van der Waals surface area (Å²) >= 11 is 3.09. The molecule has 0 aromatic carbocycles. The molecule has 0 unspecified atom stereocenters. The fourth-order valence-corrected chi connectivity index (χ4v) is 1.13. The molecule has 3 nitrogen and oxygen atoms in total. The highest BCUT2D eigenvalue weighted by atomic mass is 79.9. The van der Waals surface area contributed by atoms with E-state index in [-0.39, 0.29) is 6.67 Å². The van der Waals surface area contributed by atoms with Crippen LogP contribution in [0.4, 0.5) is 4.39 Å². The molecule has 0 N–H and O–H groups in total. The lowest BCUT2D eigenvalue weighted by Gasteiger charge is -1.92. The summed E-state index contributed by atoms with van der Waals surface area (Å²) in [6.45, 7) is -0.390. The van der Waals surface area contributed by atoms with Gasteiger partial charge in [0.15, 0.2) is 0 Å². The smallest absolute Gasteiger partial charge is 0.217 e. The highest BCUT2D eigenvalue weighted by Gasteiger charge is 2.02. The van der Waals surface area contributed by atoms with E-state index in [1.54, 1.807) is 11.7 Å². The molecular formula is C5H7BrFN3. The number of rotatable bonds is 2. The van der Waals surface area contributed by atoms with Crippen LogP contribution in [0.3, 0.4) is 0 Å². The first kappa shape index (κ1) is 7.65. The second kappa shape index (κ2) is 3.09. The van der Waals surface area contributed by atoms with Crippen molar-refractivity contribution in [3.05, 3.63) is 10.6 Å². The van der Waals surface area contributed by atoms with Gasteiger partial charge in [-0.2, -0.15) is 0 Å². The van der Waals surface area contributed by atoms with Crippen molar-refractivity contribution in [3.63, 3.8) is 0 Å². The minimum Gasteiger partial charge on any atom is -0.252 e. The minimum absolute atomic E-state index is 0.328. The summed E-state index contributed by atoms with van der Waals surface area (Å²) in [4.78, 5) is 3.93. The van der Waals surface area contributed by atoms with Crippen LogP contribution in [0.2, 0.25) is 0 Å². The van der Waals surface area contributed by atoms with Crippen LogP contribution in [0, 0.1) is 0 Å². The van der Waals surface area contributed by atoms with E-state index in [0.29, 0.717) is 17.0 Å². The Labute approximate surface area is 66.4 Å². The number of hydrogen-bond donors (Lipinski definition) is 0. The summed E-state index contributed by atoms with van der Waals surface area (Å²) in [5.74, 6) is 0.661. The number of aryl methyl sites for hydroxylation is 2. The lowest BCUT2D eigenvalue weighted by atomic mass is 10.4. The van der Waals surface area contributed by atoms with Gasteiger partial charge in [-0.15, -0.1) is 5.10 Å². The SMILES string of the molecule is Cn1nc(Br)nc1CCF. The summed E-state index contributed by atoms with van der Waals surface area (Å²) in [7, 11) is 1.74. The fourth-order valence-electron chi connectivity index (χ4n) is 0.685. The van der Waals surface area contributed by atoms with E-state index in [1.807, 2.05) is 0 Å². The van der Waals surface area contributed by atoms with Crippen molar-refractivity contribution in [2.24, 2.45) is 7.05 Å². The van der Waals surface area contributed by atoms with E-state index in [2.05, 4.69) is 26.0 Å². The summed E-state index contributed by atoms with van der Waals surface area (Å²) in [6, 6.07) is 0. The molecule has 0 atom stereocenters. The Balaban J connectivity index is 2.81. The van der Waals surface area contributed by atoms with Crippen LogP contribution >= 0.6 is 15.9 Å². The van der Waals surface area contributed by atoms with Gasteiger partial charge < -0.3 is 0 Å². The van der Waals surface area contributed by atoms with Crippen molar-refractivity contribution in [1.29, 1.82) is 0 Å². The molecule has 1 aromatic rings. The average molecular weight is 208 g/mol. The topological polar surface area (TPSA) is 30.7 Å².